The fourth-order valence-electron chi connectivity index (χ4n) is 2.37. The van der Waals surface area contributed by atoms with Gasteiger partial charge in [0.1, 0.15) is 6.54 Å². The number of nitrogens with zero attached hydrogens (tertiary/aromatic N) is 2. The van der Waals surface area contributed by atoms with E-state index in [1.54, 1.807) is 35.6 Å². The molecule has 0 spiro atoms. The standard InChI is InChI=1S/C18H17N3O4S2/c1-25-16(23)10-21-17(24)13-6-2-3-7-14(13)20-18(21)27-11-15(22)19-9-12-5-4-8-26-12/h2-8H,9-11H2,1H3,(H,19,22). The van der Waals surface area contributed by atoms with Crippen LogP contribution >= 0.6 is 23.1 Å². The second-order valence-electron chi connectivity index (χ2n) is 5.52. The topological polar surface area (TPSA) is 90.3 Å². The van der Waals surface area contributed by atoms with Gasteiger partial charge in [0.25, 0.3) is 5.56 Å². The van der Waals surface area contributed by atoms with Crippen LogP contribution in [0.25, 0.3) is 10.9 Å². The number of benzene rings is 1. The van der Waals surface area contributed by atoms with Gasteiger partial charge < -0.3 is 10.1 Å². The molecule has 1 aromatic carbocycles. The van der Waals surface area contributed by atoms with Crippen molar-refractivity contribution in [1.29, 1.82) is 0 Å². The third-order valence-corrected chi connectivity index (χ3v) is 5.57. The number of thioether (sulfide) groups is 1. The Hall–Kier alpha value is -2.65. The molecule has 0 aliphatic rings. The molecule has 0 aliphatic heterocycles. The Kier molecular flexibility index (Phi) is 6.25. The van der Waals surface area contributed by atoms with Gasteiger partial charge in [-0.15, -0.1) is 11.3 Å². The van der Waals surface area contributed by atoms with Crippen molar-refractivity contribution in [1.82, 2.24) is 14.9 Å². The van der Waals surface area contributed by atoms with Crippen LogP contribution in [0, 0.1) is 0 Å². The number of carbonyl (C=O) groups is 2. The van der Waals surface area contributed by atoms with E-state index in [2.05, 4.69) is 15.0 Å². The van der Waals surface area contributed by atoms with E-state index in [4.69, 9.17) is 0 Å². The Morgan fingerprint density at radius 2 is 2.07 bits per heavy atom. The van der Waals surface area contributed by atoms with Gasteiger partial charge in [-0.2, -0.15) is 0 Å². The van der Waals surface area contributed by atoms with Crippen LogP contribution in [0.4, 0.5) is 0 Å². The molecule has 1 amide bonds. The van der Waals surface area contributed by atoms with E-state index in [1.807, 2.05) is 17.5 Å². The number of aromatic nitrogens is 2. The van der Waals surface area contributed by atoms with Crippen molar-refractivity contribution in [2.45, 2.75) is 18.2 Å². The molecule has 2 heterocycles. The van der Waals surface area contributed by atoms with Crippen molar-refractivity contribution in [3.8, 4) is 0 Å². The first kappa shape index (κ1) is 19.1. The van der Waals surface area contributed by atoms with Gasteiger partial charge in [-0.1, -0.05) is 30.0 Å². The van der Waals surface area contributed by atoms with E-state index in [-0.39, 0.29) is 23.8 Å². The highest BCUT2D eigenvalue weighted by Crippen LogP contribution is 2.18. The molecule has 0 atom stereocenters. The van der Waals surface area contributed by atoms with E-state index in [0.29, 0.717) is 22.6 Å². The maximum absolute atomic E-state index is 12.7. The molecule has 0 radical (unpaired) electrons. The van der Waals surface area contributed by atoms with Gasteiger partial charge in [-0.05, 0) is 23.6 Å². The lowest BCUT2D eigenvalue weighted by atomic mass is 10.2. The number of methoxy groups -OCH3 is 1. The quantitative estimate of drug-likeness (QED) is 0.369. The maximum Gasteiger partial charge on any atom is 0.325 e. The van der Waals surface area contributed by atoms with Gasteiger partial charge in [-0.3, -0.25) is 19.0 Å². The number of hydrogen-bond acceptors (Lipinski definition) is 7. The highest BCUT2D eigenvalue weighted by molar-refractivity contribution is 7.99. The Balaban J connectivity index is 1.79. The van der Waals surface area contributed by atoms with Crippen LogP contribution in [-0.4, -0.2) is 34.3 Å². The van der Waals surface area contributed by atoms with Gasteiger partial charge in [0.15, 0.2) is 5.16 Å². The highest BCUT2D eigenvalue weighted by atomic mass is 32.2. The SMILES string of the molecule is COC(=O)Cn1c(SCC(=O)NCc2cccs2)nc2ccccc2c1=O. The van der Waals surface area contributed by atoms with E-state index in [1.165, 1.54) is 11.7 Å². The number of para-hydroxylation sites is 1. The van der Waals surface area contributed by atoms with Crippen LogP contribution in [0.5, 0.6) is 0 Å². The molecule has 3 aromatic rings. The van der Waals surface area contributed by atoms with Crippen LogP contribution in [0.1, 0.15) is 4.88 Å². The predicted octanol–water partition coefficient (Wildman–Crippen LogP) is 2.04. The smallest absolute Gasteiger partial charge is 0.325 e. The van der Waals surface area contributed by atoms with Crippen molar-refractivity contribution >= 4 is 45.9 Å². The number of rotatable bonds is 7. The van der Waals surface area contributed by atoms with Crippen molar-refractivity contribution in [2.75, 3.05) is 12.9 Å². The number of fused-ring (bicyclic) bond motifs is 1. The normalized spacial score (nSPS) is 10.7. The predicted molar refractivity (Wildman–Crippen MR) is 105 cm³/mol. The minimum atomic E-state index is -0.557. The summed E-state index contributed by atoms with van der Waals surface area (Å²) in [5.74, 6) is -0.657. The number of amides is 1. The first-order chi connectivity index (χ1) is 13.1. The Morgan fingerprint density at radius 1 is 1.26 bits per heavy atom. The molecule has 0 fully saturated rings. The van der Waals surface area contributed by atoms with Crippen LogP contribution in [0.3, 0.4) is 0 Å². The lowest BCUT2D eigenvalue weighted by Crippen LogP contribution is -2.29. The molecule has 27 heavy (non-hydrogen) atoms. The first-order valence-corrected chi connectivity index (χ1v) is 9.93. The summed E-state index contributed by atoms with van der Waals surface area (Å²) in [6, 6.07) is 10.8. The summed E-state index contributed by atoms with van der Waals surface area (Å²) in [6.07, 6.45) is 0. The second kappa shape index (κ2) is 8.83. The third-order valence-electron chi connectivity index (χ3n) is 3.71. The van der Waals surface area contributed by atoms with Crippen molar-refractivity contribution in [3.05, 3.63) is 57.0 Å². The monoisotopic (exact) mass is 403 g/mol. The van der Waals surface area contributed by atoms with E-state index < -0.39 is 5.97 Å². The molecule has 2 aromatic heterocycles. The zero-order valence-corrected chi connectivity index (χ0v) is 16.1. The number of esters is 1. The number of carbonyl (C=O) groups excluding carboxylic acids is 2. The third kappa shape index (κ3) is 4.75. The summed E-state index contributed by atoms with van der Waals surface area (Å²) in [7, 11) is 1.26. The lowest BCUT2D eigenvalue weighted by molar-refractivity contribution is -0.141. The summed E-state index contributed by atoms with van der Waals surface area (Å²) in [4.78, 5) is 42.0. The summed E-state index contributed by atoms with van der Waals surface area (Å²) < 4.78 is 5.91. The summed E-state index contributed by atoms with van der Waals surface area (Å²) in [6.45, 7) is 0.198. The molecular weight excluding hydrogens is 386 g/mol. The molecule has 9 heteroatoms. The minimum Gasteiger partial charge on any atom is -0.468 e. The van der Waals surface area contributed by atoms with Crippen LogP contribution in [0.2, 0.25) is 0 Å². The largest absolute Gasteiger partial charge is 0.468 e. The van der Waals surface area contributed by atoms with Crippen molar-refractivity contribution in [2.24, 2.45) is 0 Å². The average Bonchev–Trinajstić information content (AvgIpc) is 3.20. The molecule has 0 saturated carbocycles. The number of thiophene rings is 1. The van der Waals surface area contributed by atoms with Crippen LogP contribution in [-0.2, 0) is 27.4 Å². The summed E-state index contributed by atoms with van der Waals surface area (Å²) in [5, 5.41) is 5.48. The fourth-order valence-corrected chi connectivity index (χ4v) is 3.84. The van der Waals surface area contributed by atoms with Gasteiger partial charge in [0.2, 0.25) is 5.91 Å². The van der Waals surface area contributed by atoms with Crippen molar-refractivity contribution in [3.63, 3.8) is 0 Å². The fraction of sp³-hybridized carbons (Fsp3) is 0.222. The second-order valence-corrected chi connectivity index (χ2v) is 7.50. The average molecular weight is 403 g/mol. The van der Waals surface area contributed by atoms with Gasteiger partial charge in [-0.25, -0.2) is 4.98 Å². The van der Waals surface area contributed by atoms with Crippen LogP contribution in [0.15, 0.2) is 51.7 Å². The summed E-state index contributed by atoms with van der Waals surface area (Å²) in [5.41, 5.74) is 0.178. The molecule has 0 aliphatic carbocycles. The molecule has 0 bridgehead atoms. The number of hydrogen-bond donors (Lipinski definition) is 1. The van der Waals surface area contributed by atoms with E-state index in [0.717, 1.165) is 16.6 Å². The minimum absolute atomic E-state index is 0.0807. The molecule has 0 unspecified atom stereocenters. The Morgan fingerprint density at radius 3 is 2.81 bits per heavy atom. The lowest BCUT2D eigenvalue weighted by Gasteiger charge is -2.12. The Bertz CT molecular complexity index is 1020. The zero-order chi connectivity index (χ0) is 19.2. The van der Waals surface area contributed by atoms with Gasteiger partial charge in [0, 0.05) is 4.88 Å². The molecule has 7 nitrogen and oxygen atoms in total. The van der Waals surface area contributed by atoms with Gasteiger partial charge in [0.05, 0.1) is 30.3 Å². The maximum atomic E-state index is 12.7. The molecule has 0 saturated heterocycles. The van der Waals surface area contributed by atoms with Crippen molar-refractivity contribution < 1.29 is 14.3 Å². The van der Waals surface area contributed by atoms with Gasteiger partial charge >= 0.3 is 5.97 Å². The number of ether oxygens (including phenoxy) is 1. The zero-order valence-electron chi connectivity index (χ0n) is 14.5. The van der Waals surface area contributed by atoms with E-state index in [9.17, 15) is 14.4 Å². The number of nitrogens with one attached hydrogen (secondary N) is 1. The molecule has 1 N–H and O–H groups in total. The summed E-state index contributed by atoms with van der Waals surface area (Å²) >= 11 is 2.67. The van der Waals surface area contributed by atoms with Crippen LogP contribution < -0.4 is 10.9 Å². The van der Waals surface area contributed by atoms with E-state index >= 15 is 0 Å². The molecule has 140 valence electrons. The molecular formula is C18H17N3O4S2. The first-order valence-electron chi connectivity index (χ1n) is 8.06. The molecule has 3 rings (SSSR count). The highest BCUT2D eigenvalue weighted by Gasteiger charge is 2.16. The Labute approximate surface area is 163 Å².